The molecule has 0 aliphatic carbocycles. The number of nitrogens with one attached hydrogen (secondary N) is 2. The zero-order valence-electron chi connectivity index (χ0n) is 13.4. The Morgan fingerprint density at radius 1 is 1.09 bits per heavy atom. The van der Waals surface area contributed by atoms with Crippen molar-refractivity contribution in [3.05, 3.63) is 35.9 Å². The molecule has 23 heavy (non-hydrogen) atoms. The van der Waals surface area contributed by atoms with Crippen molar-refractivity contribution >= 4 is 17.8 Å². The van der Waals surface area contributed by atoms with Crippen LogP contribution in [0.2, 0.25) is 0 Å². The number of carboxylic acids is 1. The minimum Gasteiger partial charge on any atom is -0.480 e. The Kier molecular flexibility index (Phi) is 8.42. The van der Waals surface area contributed by atoms with Gasteiger partial charge in [-0.05, 0) is 18.4 Å². The number of amides is 2. The van der Waals surface area contributed by atoms with Crippen LogP contribution in [0.1, 0.15) is 38.2 Å². The van der Waals surface area contributed by atoms with E-state index in [0.29, 0.717) is 19.4 Å². The fourth-order valence-electron chi connectivity index (χ4n) is 2.17. The van der Waals surface area contributed by atoms with Gasteiger partial charge in [0.15, 0.2) is 0 Å². The molecule has 3 N–H and O–H groups in total. The van der Waals surface area contributed by atoms with Gasteiger partial charge in [-0.3, -0.25) is 9.59 Å². The SMILES string of the molecule is CC(=O)NCCCCCC(=O)N[C@H](Cc1ccccc1)C(=O)O. The third kappa shape index (κ3) is 8.60. The lowest BCUT2D eigenvalue weighted by atomic mass is 10.1. The van der Waals surface area contributed by atoms with Gasteiger partial charge in [-0.2, -0.15) is 0 Å². The summed E-state index contributed by atoms with van der Waals surface area (Å²) < 4.78 is 0. The monoisotopic (exact) mass is 320 g/mol. The maximum absolute atomic E-state index is 11.8. The fourth-order valence-corrected chi connectivity index (χ4v) is 2.17. The standard InChI is InChI=1S/C17H24N2O4/c1-13(20)18-11-7-3-6-10-16(21)19-15(17(22)23)12-14-8-4-2-5-9-14/h2,4-5,8-9,15H,3,6-7,10-12H2,1H3,(H,18,20)(H,19,21)(H,22,23)/t15-/m1/s1. The number of aliphatic carboxylic acids is 1. The molecule has 0 bridgehead atoms. The van der Waals surface area contributed by atoms with Gasteiger partial charge in [0.25, 0.3) is 0 Å². The molecule has 0 aliphatic rings. The Labute approximate surface area is 136 Å². The molecule has 0 spiro atoms. The van der Waals surface area contributed by atoms with Gasteiger partial charge in [-0.25, -0.2) is 4.79 Å². The molecule has 1 rings (SSSR count). The van der Waals surface area contributed by atoms with E-state index in [4.69, 9.17) is 0 Å². The first-order valence-corrected chi connectivity index (χ1v) is 7.79. The number of carbonyl (C=O) groups excluding carboxylic acids is 2. The number of hydrogen-bond donors (Lipinski definition) is 3. The summed E-state index contributed by atoms with van der Waals surface area (Å²) in [5, 5.41) is 14.5. The lowest BCUT2D eigenvalue weighted by molar-refractivity contribution is -0.141. The Morgan fingerprint density at radius 2 is 1.78 bits per heavy atom. The number of unbranched alkanes of at least 4 members (excludes halogenated alkanes) is 2. The summed E-state index contributed by atoms with van der Waals surface area (Å²) in [7, 11) is 0. The number of benzene rings is 1. The number of carbonyl (C=O) groups is 3. The summed E-state index contributed by atoms with van der Waals surface area (Å²) in [5.41, 5.74) is 0.871. The highest BCUT2D eigenvalue weighted by Crippen LogP contribution is 2.05. The zero-order valence-corrected chi connectivity index (χ0v) is 13.4. The van der Waals surface area contributed by atoms with Crippen LogP contribution in [-0.2, 0) is 20.8 Å². The average molecular weight is 320 g/mol. The Bertz CT molecular complexity index is 517. The quantitative estimate of drug-likeness (QED) is 0.569. The highest BCUT2D eigenvalue weighted by molar-refractivity contribution is 5.83. The summed E-state index contributed by atoms with van der Waals surface area (Å²) in [6.45, 7) is 2.06. The van der Waals surface area contributed by atoms with Crippen molar-refractivity contribution in [3.63, 3.8) is 0 Å². The lowest BCUT2D eigenvalue weighted by Gasteiger charge is -2.14. The summed E-state index contributed by atoms with van der Waals surface area (Å²) >= 11 is 0. The van der Waals surface area contributed by atoms with Crippen molar-refractivity contribution in [1.82, 2.24) is 10.6 Å². The van der Waals surface area contributed by atoms with Crippen LogP contribution in [0.5, 0.6) is 0 Å². The van der Waals surface area contributed by atoms with Crippen molar-refractivity contribution in [1.29, 1.82) is 0 Å². The second-order valence-corrected chi connectivity index (χ2v) is 5.44. The molecule has 126 valence electrons. The molecular weight excluding hydrogens is 296 g/mol. The first-order chi connectivity index (χ1) is 11.0. The number of rotatable bonds is 10. The molecule has 2 amide bonds. The van der Waals surface area contributed by atoms with E-state index in [1.807, 2.05) is 30.3 Å². The molecule has 0 unspecified atom stereocenters. The highest BCUT2D eigenvalue weighted by atomic mass is 16.4. The molecule has 1 atom stereocenters. The molecule has 0 radical (unpaired) electrons. The van der Waals surface area contributed by atoms with E-state index in [9.17, 15) is 19.5 Å². The van der Waals surface area contributed by atoms with E-state index in [1.165, 1.54) is 6.92 Å². The third-order valence-electron chi connectivity index (χ3n) is 3.37. The van der Waals surface area contributed by atoms with Crippen molar-refractivity contribution in [2.24, 2.45) is 0 Å². The second kappa shape index (κ2) is 10.4. The molecule has 1 aromatic rings. The van der Waals surface area contributed by atoms with Gasteiger partial charge in [0.1, 0.15) is 6.04 Å². The van der Waals surface area contributed by atoms with E-state index < -0.39 is 12.0 Å². The van der Waals surface area contributed by atoms with Gasteiger partial charge in [-0.1, -0.05) is 36.8 Å². The Balaban J connectivity index is 2.29. The van der Waals surface area contributed by atoms with E-state index in [1.54, 1.807) is 0 Å². The van der Waals surface area contributed by atoms with Crippen LogP contribution in [0.15, 0.2) is 30.3 Å². The summed E-state index contributed by atoms with van der Waals surface area (Å²) in [6.07, 6.45) is 2.84. The molecule has 6 nitrogen and oxygen atoms in total. The van der Waals surface area contributed by atoms with Crippen LogP contribution in [-0.4, -0.2) is 35.5 Å². The number of hydrogen-bond acceptors (Lipinski definition) is 3. The normalized spacial score (nSPS) is 11.5. The smallest absolute Gasteiger partial charge is 0.326 e. The van der Waals surface area contributed by atoms with E-state index in [-0.39, 0.29) is 18.2 Å². The van der Waals surface area contributed by atoms with Crippen molar-refractivity contribution in [3.8, 4) is 0 Å². The molecule has 0 aromatic heterocycles. The van der Waals surface area contributed by atoms with Gasteiger partial charge >= 0.3 is 5.97 Å². The van der Waals surface area contributed by atoms with E-state index in [0.717, 1.165) is 18.4 Å². The Morgan fingerprint density at radius 3 is 2.39 bits per heavy atom. The highest BCUT2D eigenvalue weighted by Gasteiger charge is 2.19. The van der Waals surface area contributed by atoms with Crippen molar-refractivity contribution in [2.75, 3.05) is 6.54 Å². The Hall–Kier alpha value is -2.37. The maximum Gasteiger partial charge on any atom is 0.326 e. The van der Waals surface area contributed by atoms with Crippen LogP contribution in [0.25, 0.3) is 0 Å². The van der Waals surface area contributed by atoms with E-state index >= 15 is 0 Å². The predicted octanol–water partition coefficient (Wildman–Crippen LogP) is 1.49. The zero-order chi connectivity index (χ0) is 17.1. The van der Waals surface area contributed by atoms with Crippen LogP contribution in [0.4, 0.5) is 0 Å². The van der Waals surface area contributed by atoms with Gasteiger partial charge < -0.3 is 15.7 Å². The molecule has 1 aromatic carbocycles. The summed E-state index contributed by atoms with van der Waals surface area (Å²) in [4.78, 5) is 33.8. The molecule has 0 fully saturated rings. The van der Waals surface area contributed by atoms with Crippen LogP contribution < -0.4 is 10.6 Å². The molecule has 0 saturated carbocycles. The largest absolute Gasteiger partial charge is 0.480 e. The van der Waals surface area contributed by atoms with Crippen LogP contribution in [0, 0.1) is 0 Å². The molecule has 6 heteroatoms. The average Bonchev–Trinajstić information content (AvgIpc) is 2.50. The van der Waals surface area contributed by atoms with Crippen molar-refractivity contribution in [2.45, 2.75) is 45.1 Å². The minimum absolute atomic E-state index is 0.0621. The van der Waals surface area contributed by atoms with Gasteiger partial charge in [0, 0.05) is 26.3 Å². The predicted molar refractivity (Wildman–Crippen MR) is 86.9 cm³/mol. The van der Waals surface area contributed by atoms with Crippen LogP contribution >= 0.6 is 0 Å². The molecule has 0 saturated heterocycles. The first-order valence-electron chi connectivity index (χ1n) is 7.79. The summed E-state index contributed by atoms with van der Waals surface area (Å²) in [6, 6.07) is 8.30. The first kappa shape index (κ1) is 18.7. The summed E-state index contributed by atoms with van der Waals surface area (Å²) in [5.74, 6) is -1.35. The number of carboxylic acid groups (broad SMARTS) is 1. The van der Waals surface area contributed by atoms with E-state index in [2.05, 4.69) is 10.6 Å². The van der Waals surface area contributed by atoms with Crippen molar-refractivity contribution < 1.29 is 19.5 Å². The second-order valence-electron chi connectivity index (χ2n) is 5.44. The third-order valence-corrected chi connectivity index (χ3v) is 3.37. The maximum atomic E-state index is 11.8. The molecule has 0 aliphatic heterocycles. The topological polar surface area (TPSA) is 95.5 Å². The van der Waals surface area contributed by atoms with Gasteiger partial charge in [-0.15, -0.1) is 0 Å². The fraction of sp³-hybridized carbons (Fsp3) is 0.471. The minimum atomic E-state index is -1.03. The van der Waals surface area contributed by atoms with Gasteiger partial charge in [0.05, 0.1) is 0 Å². The lowest BCUT2D eigenvalue weighted by Crippen LogP contribution is -2.42. The molecular formula is C17H24N2O4. The molecule has 0 heterocycles. The van der Waals surface area contributed by atoms with Crippen LogP contribution in [0.3, 0.4) is 0 Å². The van der Waals surface area contributed by atoms with Gasteiger partial charge in [0.2, 0.25) is 11.8 Å².